The Balaban J connectivity index is 1.08. The summed E-state index contributed by atoms with van der Waals surface area (Å²) in [6, 6.07) is 13.9. The maximum atomic E-state index is 13.3. The van der Waals surface area contributed by atoms with Crippen LogP contribution in [-0.2, 0) is 19.9 Å². The Morgan fingerprint density at radius 3 is 2.23 bits per heavy atom. The van der Waals surface area contributed by atoms with Crippen LogP contribution in [0.3, 0.4) is 0 Å². The Hall–Kier alpha value is -4.34. The lowest BCUT2D eigenvalue weighted by atomic mass is 9.98. The smallest absolute Gasteiger partial charge is 0.412 e. The molecule has 2 amide bonds. The number of allylic oxidation sites excluding steroid dienone is 1. The second-order valence-corrected chi connectivity index (χ2v) is 17.9. The highest BCUT2D eigenvalue weighted by molar-refractivity contribution is 7.98. The molecule has 2 atom stereocenters. The van der Waals surface area contributed by atoms with Gasteiger partial charge < -0.3 is 19.4 Å². The zero-order chi connectivity index (χ0) is 37.8. The fraction of sp³-hybridized carbons (Fsp3) is 0.463. The standard InChI is InChI=1S/C41H48N6O4S2/c1-38(2,3)50-36(48)46-20-8-19-40(46,25-53-7)34-42-23-33(45-34)29-14-11-26(12-15-29)9-10-27-13-18-31-32(21-27)44-35(43-31)41(52)22-30(28-16-17-28)24-47(41)37(49)51-39(4,5)6/h11-15,18,21,23,52H,8,16-17,19-20,22,24-25H2,1-7H3,(H,42,45)(H,43,44). The Labute approximate surface area is 321 Å². The number of hydrogen-bond donors (Lipinski definition) is 3. The molecule has 1 aliphatic carbocycles. The van der Waals surface area contributed by atoms with Gasteiger partial charge in [-0.3, -0.25) is 9.80 Å². The molecule has 3 aliphatic rings. The van der Waals surface area contributed by atoms with Crippen molar-refractivity contribution in [1.29, 1.82) is 0 Å². The number of carbonyl (C=O) groups is 2. The predicted molar refractivity (Wildman–Crippen MR) is 213 cm³/mol. The molecule has 3 fully saturated rings. The summed E-state index contributed by atoms with van der Waals surface area (Å²) in [5.74, 6) is 8.70. The average Bonchev–Trinajstić information content (AvgIpc) is 3.43. The third-order valence-corrected chi connectivity index (χ3v) is 11.2. The van der Waals surface area contributed by atoms with E-state index < -0.39 is 27.7 Å². The highest BCUT2D eigenvalue weighted by Gasteiger charge is 2.50. The molecule has 4 heterocycles. The van der Waals surface area contributed by atoms with Crippen molar-refractivity contribution in [3.63, 3.8) is 0 Å². The second kappa shape index (κ2) is 13.8. The van der Waals surface area contributed by atoms with E-state index in [1.807, 2.05) is 95.1 Å². The number of amides is 2. The van der Waals surface area contributed by atoms with Crippen LogP contribution in [0.1, 0.15) is 96.4 Å². The molecule has 12 heteroatoms. The summed E-state index contributed by atoms with van der Waals surface area (Å²) in [5, 5.41) is 0. The van der Waals surface area contributed by atoms with Gasteiger partial charge in [-0.15, -0.1) is 12.6 Å². The molecular formula is C41H48N6O4S2. The summed E-state index contributed by atoms with van der Waals surface area (Å²) >= 11 is 6.80. The topological polar surface area (TPSA) is 116 Å². The predicted octanol–water partition coefficient (Wildman–Crippen LogP) is 8.76. The molecule has 0 radical (unpaired) electrons. The number of aromatic nitrogens is 4. The first-order valence-electron chi connectivity index (χ1n) is 18.2. The molecule has 2 aromatic carbocycles. The van der Waals surface area contributed by atoms with Gasteiger partial charge in [0.05, 0.1) is 22.9 Å². The molecule has 2 unspecified atom stereocenters. The molecule has 2 saturated heterocycles. The maximum absolute atomic E-state index is 13.3. The fourth-order valence-corrected chi connectivity index (χ4v) is 8.56. The molecule has 2 aliphatic heterocycles. The van der Waals surface area contributed by atoms with Gasteiger partial charge in [0.2, 0.25) is 0 Å². The molecule has 278 valence electrons. The van der Waals surface area contributed by atoms with Gasteiger partial charge in [0.15, 0.2) is 4.87 Å². The minimum absolute atomic E-state index is 0.304. The quantitative estimate of drug-likeness (QED) is 0.106. The number of carbonyl (C=O) groups excluding carboxylic acids is 2. The van der Waals surface area contributed by atoms with Gasteiger partial charge in [-0.2, -0.15) is 11.8 Å². The normalized spacial score (nSPS) is 21.6. The van der Waals surface area contributed by atoms with Gasteiger partial charge >= 0.3 is 12.2 Å². The van der Waals surface area contributed by atoms with Crippen molar-refractivity contribution in [3.05, 3.63) is 82.6 Å². The fourth-order valence-electron chi connectivity index (χ4n) is 7.19. The number of aromatic amines is 2. The van der Waals surface area contributed by atoms with E-state index in [1.54, 1.807) is 16.7 Å². The number of ether oxygens (including phenoxy) is 2. The molecule has 2 N–H and O–H groups in total. The number of H-pyrrole nitrogens is 2. The van der Waals surface area contributed by atoms with Gasteiger partial charge in [0, 0.05) is 36.4 Å². The number of hydrogen-bond acceptors (Lipinski definition) is 8. The van der Waals surface area contributed by atoms with Crippen molar-refractivity contribution in [2.45, 2.75) is 95.3 Å². The van der Waals surface area contributed by atoms with Gasteiger partial charge in [-0.25, -0.2) is 19.6 Å². The first-order chi connectivity index (χ1) is 25.1. The third-order valence-electron chi connectivity index (χ3n) is 9.78. The highest BCUT2D eigenvalue weighted by Crippen LogP contribution is 2.49. The van der Waals surface area contributed by atoms with Gasteiger partial charge in [0.25, 0.3) is 0 Å². The van der Waals surface area contributed by atoms with Crippen LogP contribution >= 0.6 is 24.4 Å². The number of nitrogens with one attached hydrogen (secondary N) is 2. The van der Waals surface area contributed by atoms with Crippen LogP contribution in [0, 0.1) is 11.8 Å². The van der Waals surface area contributed by atoms with Crippen molar-refractivity contribution >= 4 is 47.6 Å². The molecule has 10 nitrogen and oxygen atoms in total. The van der Waals surface area contributed by atoms with Gasteiger partial charge in [-0.1, -0.05) is 29.5 Å². The van der Waals surface area contributed by atoms with Crippen molar-refractivity contribution < 1.29 is 19.1 Å². The summed E-state index contributed by atoms with van der Waals surface area (Å²) in [4.78, 5) is 45.9. The van der Waals surface area contributed by atoms with E-state index in [0.29, 0.717) is 25.3 Å². The van der Waals surface area contributed by atoms with Crippen LogP contribution in [0.4, 0.5) is 9.59 Å². The zero-order valence-electron chi connectivity index (χ0n) is 31.6. The summed E-state index contributed by atoms with van der Waals surface area (Å²) in [7, 11) is 0. The first-order valence-corrected chi connectivity index (χ1v) is 20.0. The number of benzene rings is 2. The summed E-state index contributed by atoms with van der Waals surface area (Å²) in [5.41, 5.74) is 6.08. The number of imidazole rings is 2. The maximum Gasteiger partial charge on any atom is 0.412 e. The van der Waals surface area contributed by atoms with Gasteiger partial charge in [0.1, 0.15) is 28.4 Å². The summed E-state index contributed by atoms with van der Waals surface area (Å²) in [6.07, 6.45) is 7.66. The lowest BCUT2D eigenvalue weighted by molar-refractivity contribution is 0.00935. The second-order valence-electron chi connectivity index (χ2n) is 16.3. The first kappa shape index (κ1) is 37.0. The Kier molecular flexibility index (Phi) is 9.64. The van der Waals surface area contributed by atoms with E-state index in [2.05, 4.69) is 28.1 Å². The molecule has 1 saturated carbocycles. The molecule has 7 rings (SSSR count). The average molecular weight is 753 g/mol. The summed E-state index contributed by atoms with van der Waals surface area (Å²) in [6.45, 7) is 12.4. The van der Waals surface area contributed by atoms with Crippen molar-refractivity contribution in [2.75, 3.05) is 25.1 Å². The number of thiol groups is 1. The van der Waals surface area contributed by atoms with E-state index in [9.17, 15) is 9.59 Å². The number of nitrogens with zero attached hydrogens (tertiary/aromatic N) is 4. The minimum atomic E-state index is -0.945. The Morgan fingerprint density at radius 2 is 1.57 bits per heavy atom. The van der Waals surface area contributed by atoms with Crippen LogP contribution in [0.2, 0.25) is 0 Å². The lowest BCUT2D eigenvalue weighted by Crippen LogP contribution is -2.49. The molecule has 53 heavy (non-hydrogen) atoms. The zero-order valence-corrected chi connectivity index (χ0v) is 33.3. The number of rotatable bonds is 5. The largest absolute Gasteiger partial charge is 0.444 e. The van der Waals surface area contributed by atoms with Crippen molar-refractivity contribution in [3.8, 4) is 23.1 Å². The molecule has 0 bridgehead atoms. The Morgan fingerprint density at radius 1 is 0.906 bits per heavy atom. The number of fused-ring (bicyclic) bond motifs is 1. The van der Waals surface area contributed by atoms with Gasteiger partial charge in [-0.05, 0) is 115 Å². The van der Waals surface area contributed by atoms with E-state index in [1.165, 1.54) is 11.1 Å². The number of likely N-dealkylation sites (tertiary alicyclic amines) is 2. The summed E-state index contributed by atoms with van der Waals surface area (Å²) < 4.78 is 11.6. The van der Waals surface area contributed by atoms with E-state index in [0.717, 1.165) is 70.7 Å². The highest BCUT2D eigenvalue weighted by atomic mass is 32.2. The molecule has 4 aromatic rings. The van der Waals surface area contributed by atoms with Crippen LogP contribution in [0.15, 0.2) is 59.8 Å². The Bertz CT molecular complexity index is 2140. The van der Waals surface area contributed by atoms with Crippen molar-refractivity contribution in [2.24, 2.45) is 0 Å². The van der Waals surface area contributed by atoms with Crippen LogP contribution in [-0.4, -0.2) is 78.2 Å². The molecular weight excluding hydrogens is 705 g/mol. The van der Waals surface area contributed by atoms with E-state index >= 15 is 0 Å². The molecule has 2 aromatic heterocycles. The van der Waals surface area contributed by atoms with Crippen molar-refractivity contribution in [1.82, 2.24) is 29.7 Å². The lowest BCUT2D eigenvalue weighted by Gasteiger charge is -2.37. The molecule has 0 spiro atoms. The van der Waals surface area contributed by atoms with Crippen LogP contribution in [0.25, 0.3) is 22.3 Å². The number of thioether (sulfide) groups is 1. The minimum Gasteiger partial charge on any atom is -0.444 e. The monoisotopic (exact) mass is 752 g/mol. The van der Waals surface area contributed by atoms with Crippen LogP contribution in [0.5, 0.6) is 0 Å². The SMILES string of the molecule is CSCC1(c2ncc(-c3ccc(C#Cc4ccc5nc(C6(S)CC(=C7CC7)CN6C(=O)OC(C)(C)C)[nH]c5c4)cc3)[nH]2)CCCN1C(=O)OC(C)(C)C. The van der Waals surface area contributed by atoms with E-state index in [-0.39, 0.29) is 6.09 Å². The third kappa shape index (κ3) is 7.69. The van der Waals surface area contributed by atoms with E-state index in [4.69, 9.17) is 32.1 Å². The van der Waals surface area contributed by atoms with Crippen LogP contribution < -0.4 is 0 Å².